The number of anilines is 3. The number of hydrogen-bond acceptors (Lipinski definition) is 11. The number of Topliss-reactive ketones (excluding diaryl/α,β-unsaturated/α-hetero) is 2. The van der Waals surface area contributed by atoms with E-state index in [2.05, 4.69) is 10.6 Å². The van der Waals surface area contributed by atoms with Gasteiger partial charge in [0.05, 0.1) is 23.9 Å². The number of primary amides is 1. The number of nitrogens with two attached hydrogens (primary N) is 2. The van der Waals surface area contributed by atoms with Crippen LogP contribution >= 0.6 is 0 Å². The highest BCUT2D eigenvalue weighted by molar-refractivity contribution is 6.23. The molecule has 0 spiro atoms. The number of rotatable bonds is 5. The van der Waals surface area contributed by atoms with Crippen LogP contribution in [-0.2, 0) is 20.8 Å². The van der Waals surface area contributed by atoms with Crippen molar-refractivity contribution in [2.75, 3.05) is 36.7 Å². The number of aliphatic hydroxyl groups is 3. The number of fused-ring (bicyclic) bond motifs is 3. The second-order valence-corrected chi connectivity index (χ2v) is 11.1. The zero-order chi connectivity index (χ0) is 31.6. The molecule has 0 aliphatic heterocycles. The number of ether oxygens (including phenoxy) is 1. The van der Waals surface area contributed by atoms with E-state index in [1.165, 1.54) is 13.2 Å². The number of urea groups is 1. The van der Waals surface area contributed by atoms with Crippen molar-refractivity contribution in [3.05, 3.63) is 58.4 Å². The lowest BCUT2D eigenvalue weighted by Gasteiger charge is -2.52. The number of nitrogens with one attached hydrogen (secondary N) is 2. The minimum Gasteiger partial charge on any atom is -0.508 e. The molecule has 0 heterocycles. The van der Waals surface area contributed by atoms with Crippen molar-refractivity contribution >= 4 is 46.3 Å². The molecule has 3 aliphatic carbocycles. The Morgan fingerprint density at radius 2 is 1.74 bits per heavy atom. The molecule has 3 aliphatic rings. The van der Waals surface area contributed by atoms with Crippen LogP contribution in [0.3, 0.4) is 0 Å². The van der Waals surface area contributed by atoms with Crippen LogP contribution in [0.5, 0.6) is 11.5 Å². The molecule has 3 amide bonds. The quantitative estimate of drug-likeness (QED) is 0.181. The number of hydrogen-bond donors (Lipinski definition) is 8. The Morgan fingerprint density at radius 1 is 1.09 bits per heavy atom. The SMILES string of the molecule is COc1ccc(NC(=O)Nc2cc(N(C)C)c3c(c2O)C(O)=C2C(=O)[C@]4(O)C(O)=C(C(N)=O)C(=O)C[C@]4(N)C[C@@H]2C3)cc1. The van der Waals surface area contributed by atoms with E-state index in [4.69, 9.17) is 16.2 Å². The van der Waals surface area contributed by atoms with Crippen molar-refractivity contribution in [2.45, 2.75) is 30.4 Å². The smallest absolute Gasteiger partial charge is 0.323 e. The molecule has 1 saturated carbocycles. The van der Waals surface area contributed by atoms with Gasteiger partial charge in [0.1, 0.15) is 17.1 Å². The number of phenolic OH excluding ortho intramolecular Hbond substituents is 1. The van der Waals surface area contributed by atoms with E-state index in [-0.39, 0.29) is 29.7 Å². The highest BCUT2D eigenvalue weighted by Gasteiger charge is 2.67. The van der Waals surface area contributed by atoms with Crippen LogP contribution in [0, 0.1) is 5.92 Å². The molecule has 0 saturated heterocycles. The van der Waals surface area contributed by atoms with Crippen LogP contribution in [0.1, 0.15) is 24.0 Å². The van der Waals surface area contributed by atoms with Gasteiger partial charge in [-0.25, -0.2) is 4.79 Å². The summed E-state index contributed by atoms with van der Waals surface area (Å²) in [6.45, 7) is 0. The minimum absolute atomic E-state index is 0.0379. The van der Waals surface area contributed by atoms with Crippen LogP contribution < -0.4 is 31.7 Å². The first-order valence-electron chi connectivity index (χ1n) is 13.2. The number of amides is 3. The fourth-order valence-electron chi connectivity index (χ4n) is 6.25. The molecule has 226 valence electrons. The van der Waals surface area contributed by atoms with Crippen LogP contribution in [0.2, 0.25) is 0 Å². The average Bonchev–Trinajstić information content (AvgIpc) is 2.92. The van der Waals surface area contributed by atoms with Crippen molar-refractivity contribution < 1.29 is 44.3 Å². The van der Waals surface area contributed by atoms with Gasteiger partial charge in [0, 0.05) is 37.5 Å². The van der Waals surface area contributed by atoms with Gasteiger partial charge in [-0.1, -0.05) is 0 Å². The second kappa shape index (κ2) is 10.0. The first-order valence-corrected chi connectivity index (χ1v) is 13.2. The van der Waals surface area contributed by atoms with Crippen molar-refractivity contribution in [2.24, 2.45) is 17.4 Å². The standard InChI is InChI=1S/C29H31N5O9/c1-34(2)17-9-16(33-27(41)32-13-4-6-14(43-3)7-5-13)22(36)20-15(17)8-12-10-28(31)11-18(35)21(26(30)40)25(39)29(28,42)24(38)19(12)23(20)37/h4-7,9,12,36-37,39,42H,8,10-11,31H2,1-3H3,(H2,30,40)(H2,32,33,41)/t12-,28+,29-/m0/s1. The Bertz CT molecular complexity index is 1660. The fourth-order valence-corrected chi connectivity index (χ4v) is 6.25. The van der Waals surface area contributed by atoms with Gasteiger partial charge in [-0.2, -0.15) is 0 Å². The van der Waals surface area contributed by atoms with Gasteiger partial charge in [-0.15, -0.1) is 0 Å². The summed E-state index contributed by atoms with van der Waals surface area (Å²) in [7, 11) is 4.91. The van der Waals surface area contributed by atoms with Crippen LogP contribution in [-0.4, -0.2) is 76.3 Å². The van der Waals surface area contributed by atoms with E-state index < -0.39 is 69.8 Å². The van der Waals surface area contributed by atoms with E-state index >= 15 is 0 Å². The van der Waals surface area contributed by atoms with Crippen LogP contribution in [0.4, 0.5) is 21.9 Å². The Morgan fingerprint density at radius 3 is 2.33 bits per heavy atom. The first kappa shape index (κ1) is 29.4. The number of aromatic hydroxyl groups is 1. The molecule has 0 aromatic heterocycles. The predicted molar refractivity (Wildman–Crippen MR) is 155 cm³/mol. The van der Waals surface area contributed by atoms with Crippen LogP contribution in [0.25, 0.3) is 5.76 Å². The number of aliphatic hydroxyl groups excluding tert-OH is 2. The number of carbonyl (C=O) groups is 4. The molecular formula is C29H31N5O9. The van der Waals surface area contributed by atoms with E-state index in [1.807, 2.05) is 0 Å². The molecule has 0 radical (unpaired) electrons. The lowest BCUT2D eigenvalue weighted by molar-refractivity contribution is -0.150. The number of methoxy groups -OCH3 is 1. The Kier molecular flexibility index (Phi) is 6.86. The maximum atomic E-state index is 13.9. The Hall–Kier alpha value is -5.08. The van der Waals surface area contributed by atoms with Crippen molar-refractivity contribution in [1.29, 1.82) is 0 Å². The third-order valence-corrected chi connectivity index (χ3v) is 8.30. The van der Waals surface area contributed by atoms with Crippen molar-refractivity contribution in [3.63, 3.8) is 0 Å². The van der Waals surface area contributed by atoms with Crippen LogP contribution in [0.15, 0.2) is 47.2 Å². The van der Waals surface area contributed by atoms with Crippen molar-refractivity contribution in [1.82, 2.24) is 0 Å². The third-order valence-electron chi connectivity index (χ3n) is 8.30. The largest absolute Gasteiger partial charge is 0.508 e. The molecule has 5 rings (SSSR count). The van der Waals surface area contributed by atoms with Gasteiger partial charge in [-0.05, 0) is 54.7 Å². The third kappa shape index (κ3) is 4.33. The van der Waals surface area contributed by atoms with E-state index in [0.29, 0.717) is 22.7 Å². The summed E-state index contributed by atoms with van der Waals surface area (Å²) in [5.41, 5.74) is 6.44. The summed E-state index contributed by atoms with van der Waals surface area (Å²) in [6.07, 6.45) is -0.864. The summed E-state index contributed by atoms with van der Waals surface area (Å²) in [5.74, 6) is -6.32. The molecule has 0 unspecified atom stereocenters. The summed E-state index contributed by atoms with van der Waals surface area (Å²) >= 11 is 0. The molecule has 14 heteroatoms. The highest BCUT2D eigenvalue weighted by atomic mass is 16.5. The zero-order valence-electron chi connectivity index (χ0n) is 23.5. The Labute approximate surface area is 245 Å². The minimum atomic E-state index is -2.95. The number of nitrogens with zero attached hydrogens (tertiary/aromatic N) is 1. The molecule has 3 atom stereocenters. The maximum Gasteiger partial charge on any atom is 0.323 e. The summed E-state index contributed by atoms with van der Waals surface area (Å²) in [6, 6.07) is 7.28. The zero-order valence-corrected chi connectivity index (χ0v) is 23.5. The molecule has 14 nitrogen and oxygen atoms in total. The van der Waals surface area contributed by atoms with E-state index in [9.17, 15) is 39.6 Å². The number of benzene rings is 2. The van der Waals surface area contributed by atoms with Crippen molar-refractivity contribution in [3.8, 4) is 11.5 Å². The van der Waals surface area contributed by atoms with E-state index in [1.54, 1.807) is 43.3 Å². The monoisotopic (exact) mass is 593 g/mol. The molecule has 10 N–H and O–H groups in total. The Balaban J connectivity index is 1.60. The lowest BCUT2D eigenvalue weighted by atomic mass is 9.55. The maximum absolute atomic E-state index is 13.9. The lowest BCUT2D eigenvalue weighted by Crippen LogP contribution is -2.73. The molecule has 43 heavy (non-hydrogen) atoms. The average molecular weight is 594 g/mol. The molecular weight excluding hydrogens is 562 g/mol. The predicted octanol–water partition coefficient (Wildman–Crippen LogP) is 1.22. The molecule has 2 aromatic rings. The topological polar surface area (TPSA) is 238 Å². The number of phenols is 1. The van der Waals surface area contributed by atoms with Gasteiger partial charge in [0.25, 0.3) is 5.91 Å². The highest BCUT2D eigenvalue weighted by Crippen LogP contribution is 2.54. The summed E-state index contributed by atoms with van der Waals surface area (Å²) in [5, 5.41) is 50.3. The molecule has 1 fully saturated rings. The molecule has 2 aromatic carbocycles. The second-order valence-electron chi connectivity index (χ2n) is 11.1. The van der Waals surface area contributed by atoms with Gasteiger partial charge in [0.15, 0.2) is 17.3 Å². The van der Waals surface area contributed by atoms with Gasteiger partial charge < -0.3 is 52.2 Å². The van der Waals surface area contributed by atoms with E-state index in [0.717, 1.165) is 0 Å². The van der Waals surface area contributed by atoms with Gasteiger partial charge in [0.2, 0.25) is 11.4 Å². The number of ketones is 2. The normalized spacial score (nSPS) is 24.5. The summed E-state index contributed by atoms with van der Waals surface area (Å²) < 4.78 is 5.10. The van der Waals surface area contributed by atoms with Gasteiger partial charge >= 0.3 is 6.03 Å². The summed E-state index contributed by atoms with van der Waals surface area (Å²) in [4.78, 5) is 53.0. The number of carbonyl (C=O) groups excluding carboxylic acids is 4. The fraction of sp³-hybridized carbons (Fsp3) is 0.310. The molecule has 0 bridgehead atoms. The van der Waals surface area contributed by atoms with Gasteiger partial charge in [-0.3, -0.25) is 14.4 Å². The first-order chi connectivity index (χ1) is 20.1.